The van der Waals surface area contributed by atoms with E-state index in [1.54, 1.807) is 23.1 Å². The molecule has 0 spiro atoms. The van der Waals surface area contributed by atoms with Gasteiger partial charge < -0.3 is 19.5 Å². The molecule has 7 nitrogen and oxygen atoms in total. The number of piperidine rings is 1. The molecule has 8 heteroatoms. The largest absolute Gasteiger partial charge is 0.455 e. The van der Waals surface area contributed by atoms with Crippen molar-refractivity contribution in [3.63, 3.8) is 0 Å². The molecule has 1 aliphatic heterocycles. The van der Waals surface area contributed by atoms with Crippen LogP contribution in [0, 0.1) is 5.82 Å². The lowest BCUT2D eigenvalue weighted by atomic mass is 9.94. The normalized spacial score (nSPS) is 17.7. The number of hydrogen-bond acceptors (Lipinski definition) is 5. The van der Waals surface area contributed by atoms with Crippen LogP contribution in [0.5, 0.6) is 0 Å². The second-order valence-corrected chi connectivity index (χ2v) is 10.9. The summed E-state index contributed by atoms with van der Waals surface area (Å²) < 4.78 is 20.0. The van der Waals surface area contributed by atoms with E-state index >= 15 is 0 Å². The number of benzene rings is 1. The van der Waals surface area contributed by atoms with Gasteiger partial charge in [0.15, 0.2) is 5.76 Å². The van der Waals surface area contributed by atoms with Gasteiger partial charge in [-0.25, -0.2) is 4.39 Å². The van der Waals surface area contributed by atoms with Crippen LogP contribution in [0.15, 0.2) is 40.8 Å². The molecular weight excluding hydrogens is 495 g/mol. The van der Waals surface area contributed by atoms with Gasteiger partial charge in [-0.2, -0.15) is 0 Å². The van der Waals surface area contributed by atoms with Gasteiger partial charge in [0.2, 0.25) is 5.91 Å². The van der Waals surface area contributed by atoms with Gasteiger partial charge in [0.05, 0.1) is 6.54 Å². The number of likely N-dealkylation sites (tertiary alicyclic amines) is 1. The van der Waals surface area contributed by atoms with Crippen LogP contribution in [0.25, 0.3) is 0 Å². The molecule has 0 bridgehead atoms. The van der Waals surface area contributed by atoms with Crippen LogP contribution >= 0.6 is 0 Å². The van der Waals surface area contributed by atoms with E-state index in [9.17, 15) is 14.0 Å². The lowest BCUT2D eigenvalue weighted by Gasteiger charge is -2.34. The fourth-order valence-corrected chi connectivity index (χ4v) is 5.84. The Balaban J connectivity index is 1.61. The van der Waals surface area contributed by atoms with Gasteiger partial charge in [0.25, 0.3) is 5.91 Å². The van der Waals surface area contributed by atoms with Crippen LogP contribution < -0.4 is 5.32 Å². The van der Waals surface area contributed by atoms with E-state index in [-0.39, 0.29) is 29.4 Å². The molecule has 0 unspecified atom stereocenters. The highest BCUT2D eigenvalue weighted by Gasteiger charge is 2.35. The van der Waals surface area contributed by atoms with Crippen molar-refractivity contribution in [3.05, 3.63) is 59.3 Å². The third-order valence-electron chi connectivity index (χ3n) is 8.21. The Morgan fingerprint density at radius 1 is 0.949 bits per heavy atom. The number of likely N-dealkylation sites (N-methyl/N-ethyl adjacent to an activating group) is 1. The van der Waals surface area contributed by atoms with Crippen LogP contribution in [0.1, 0.15) is 93.1 Å². The number of furan rings is 1. The molecule has 0 radical (unpaired) electrons. The summed E-state index contributed by atoms with van der Waals surface area (Å²) in [7, 11) is 0. The van der Waals surface area contributed by atoms with E-state index in [2.05, 4.69) is 29.0 Å². The third kappa shape index (κ3) is 8.15. The Kier molecular flexibility index (Phi) is 11.0. The number of carbonyl (C=O) groups is 2. The molecule has 2 amide bonds. The Morgan fingerprint density at radius 2 is 1.62 bits per heavy atom. The minimum Gasteiger partial charge on any atom is -0.455 e. The number of hydrogen-bond donors (Lipinski definition) is 1. The molecule has 1 aromatic heterocycles. The second-order valence-electron chi connectivity index (χ2n) is 10.9. The maximum Gasteiger partial charge on any atom is 0.290 e. The van der Waals surface area contributed by atoms with Crippen LogP contribution in [0.2, 0.25) is 0 Å². The number of amides is 2. The van der Waals surface area contributed by atoms with Gasteiger partial charge in [-0.15, -0.1) is 0 Å². The Hall–Kier alpha value is -2.71. The third-order valence-corrected chi connectivity index (χ3v) is 8.21. The first-order valence-electron chi connectivity index (χ1n) is 14.9. The summed E-state index contributed by atoms with van der Waals surface area (Å²) >= 11 is 0. The monoisotopic (exact) mass is 540 g/mol. The van der Waals surface area contributed by atoms with Crippen LogP contribution in [-0.4, -0.2) is 71.8 Å². The molecule has 2 aliphatic rings. The van der Waals surface area contributed by atoms with Crippen molar-refractivity contribution in [1.82, 2.24) is 20.0 Å². The molecular formula is C31H45FN4O3. The quantitative estimate of drug-likeness (QED) is 0.392. The molecule has 1 aromatic carbocycles. The highest BCUT2D eigenvalue weighted by Crippen LogP contribution is 2.27. The van der Waals surface area contributed by atoms with Gasteiger partial charge in [0.1, 0.15) is 17.6 Å². The smallest absolute Gasteiger partial charge is 0.290 e. The number of rotatable bonds is 12. The van der Waals surface area contributed by atoms with Gasteiger partial charge >= 0.3 is 0 Å². The first kappa shape index (κ1) is 29.3. The zero-order valence-electron chi connectivity index (χ0n) is 23.7. The minimum atomic E-state index is -0.883. The van der Waals surface area contributed by atoms with E-state index in [0.717, 1.165) is 57.6 Å². The average molecular weight is 541 g/mol. The fraction of sp³-hybridized carbons (Fsp3) is 0.613. The lowest BCUT2D eigenvalue weighted by Crippen LogP contribution is -2.49. The maximum absolute atomic E-state index is 14.1. The van der Waals surface area contributed by atoms with Crippen molar-refractivity contribution in [1.29, 1.82) is 0 Å². The molecule has 2 fully saturated rings. The summed E-state index contributed by atoms with van der Waals surface area (Å²) in [6.45, 7) is 9.57. The van der Waals surface area contributed by atoms with Crippen molar-refractivity contribution in [3.8, 4) is 0 Å². The van der Waals surface area contributed by atoms with E-state index in [1.807, 2.05) is 6.07 Å². The van der Waals surface area contributed by atoms with Crippen molar-refractivity contribution in [2.75, 3.05) is 39.3 Å². The van der Waals surface area contributed by atoms with Crippen molar-refractivity contribution in [2.45, 2.75) is 83.8 Å². The molecule has 1 saturated carbocycles. The molecule has 1 N–H and O–H groups in total. The van der Waals surface area contributed by atoms with Crippen LogP contribution in [0.3, 0.4) is 0 Å². The molecule has 214 valence electrons. The Bertz CT molecular complexity index is 1040. The van der Waals surface area contributed by atoms with Crippen molar-refractivity contribution < 1.29 is 18.4 Å². The van der Waals surface area contributed by atoms with Crippen molar-refractivity contribution in [2.24, 2.45) is 0 Å². The first-order valence-corrected chi connectivity index (χ1v) is 14.9. The van der Waals surface area contributed by atoms with Crippen molar-refractivity contribution >= 4 is 11.8 Å². The summed E-state index contributed by atoms with van der Waals surface area (Å²) in [5.74, 6) is 0.0781. The van der Waals surface area contributed by atoms with Crippen LogP contribution in [-0.2, 0) is 11.3 Å². The number of carbonyl (C=O) groups excluding carboxylic acids is 2. The highest BCUT2D eigenvalue weighted by atomic mass is 19.1. The fourth-order valence-electron chi connectivity index (χ4n) is 5.84. The highest BCUT2D eigenvalue weighted by molar-refractivity contribution is 5.96. The topological polar surface area (TPSA) is 69.0 Å². The molecule has 4 rings (SSSR count). The Morgan fingerprint density at radius 3 is 2.28 bits per heavy atom. The lowest BCUT2D eigenvalue weighted by molar-refractivity contribution is -0.127. The van der Waals surface area contributed by atoms with Crippen LogP contribution in [0.4, 0.5) is 4.39 Å². The zero-order chi connectivity index (χ0) is 27.6. The van der Waals surface area contributed by atoms with E-state index in [1.165, 1.54) is 37.8 Å². The SMILES string of the molecule is CCN(CC)CCN(C(=O)c1ccc(CN2CCCCC2)o1)[C@H](C(=O)NC1CCCCC1)c1ccc(F)cc1. The summed E-state index contributed by atoms with van der Waals surface area (Å²) in [5, 5.41) is 3.22. The van der Waals surface area contributed by atoms with Gasteiger partial charge in [-0.05, 0) is 81.7 Å². The standard InChI is InChI=1S/C31H45FN4O3/c1-3-34(4-2)21-22-36(31(38)28-18-17-27(39-28)23-35-19-9-6-10-20-35)29(24-13-15-25(32)16-14-24)30(37)33-26-11-7-5-8-12-26/h13-18,26,29H,3-12,19-23H2,1-2H3,(H,33,37)/t29-/m0/s1. The zero-order valence-corrected chi connectivity index (χ0v) is 23.7. The number of halogens is 1. The average Bonchev–Trinajstić information content (AvgIpc) is 3.43. The van der Waals surface area contributed by atoms with Gasteiger partial charge in [-0.3, -0.25) is 14.5 Å². The summed E-state index contributed by atoms with van der Waals surface area (Å²) in [5.41, 5.74) is 0.595. The summed E-state index contributed by atoms with van der Waals surface area (Å²) in [4.78, 5) is 34.1. The van der Waals surface area contributed by atoms with E-state index in [4.69, 9.17) is 4.42 Å². The van der Waals surface area contributed by atoms with E-state index < -0.39 is 6.04 Å². The molecule has 1 saturated heterocycles. The molecule has 39 heavy (non-hydrogen) atoms. The van der Waals surface area contributed by atoms with E-state index in [0.29, 0.717) is 25.2 Å². The number of nitrogens with zero attached hydrogens (tertiary/aromatic N) is 3. The molecule has 1 atom stereocenters. The molecule has 2 heterocycles. The molecule has 1 aliphatic carbocycles. The first-order chi connectivity index (χ1) is 19.0. The summed E-state index contributed by atoms with van der Waals surface area (Å²) in [6.07, 6.45) is 8.85. The molecule has 2 aromatic rings. The van der Waals surface area contributed by atoms with Gasteiger partial charge in [-0.1, -0.05) is 51.7 Å². The minimum absolute atomic E-state index is 0.0914. The maximum atomic E-state index is 14.1. The van der Waals surface area contributed by atoms with Gasteiger partial charge in [0, 0.05) is 19.1 Å². The Labute approximate surface area is 232 Å². The number of nitrogens with one attached hydrogen (secondary N) is 1. The second kappa shape index (κ2) is 14.6. The predicted molar refractivity (Wildman–Crippen MR) is 151 cm³/mol. The predicted octanol–water partition coefficient (Wildman–Crippen LogP) is 5.38. The summed E-state index contributed by atoms with van der Waals surface area (Å²) in [6, 6.07) is 8.75.